The lowest BCUT2D eigenvalue weighted by molar-refractivity contribution is 0.189. The number of rotatable bonds is 5. The lowest BCUT2D eigenvalue weighted by Crippen LogP contribution is -2.42. The first-order chi connectivity index (χ1) is 8.96. The molecule has 0 radical (unpaired) electrons. The van der Waals surface area contributed by atoms with Crippen LogP contribution in [0.1, 0.15) is 51.2 Å². The van der Waals surface area contributed by atoms with E-state index in [9.17, 15) is 0 Å². The first-order valence-corrected chi connectivity index (χ1v) is 7.75. The molecule has 106 valence electrons. The standard InChI is InChI=1S/C18H29N/c1-14-8-5-6-9-16(14)12-17(15-10-7-11-15)13-19-18(2,3)4/h5-6,8-9,15,17,19H,7,10-13H2,1-4H3. The zero-order chi connectivity index (χ0) is 13.9. The number of hydrogen-bond donors (Lipinski definition) is 1. The Kier molecular flexibility index (Phi) is 4.67. The highest BCUT2D eigenvalue weighted by molar-refractivity contribution is 5.26. The van der Waals surface area contributed by atoms with Crippen LogP contribution in [0.25, 0.3) is 0 Å². The third-order valence-electron chi connectivity index (χ3n) is 4.45. The van der Waals surface area contributed by atoms with Crippen molar-refractivity contribution in [2.75, 3.05) is 6.54 Å². The fraction of sp³-hybridized carbons (Fsp3) is 0.667. The second-order valence-electron chi connectivity index (χ2n) is 7.21. The van der Waals surface area contributed by atoms with Crippen LogP contribution in [-0.4, -0.2) is 12.1 Å². The molecule has 1 aliphatic rings. The molecule has 0 saturated heterocycles. The number of aryl methyl sites for hydroxylation is 1. The Balaban J connectivity index is 2.00. The van der Waals surface area contributed by atoms with Gasteiger partial charge in [0.25, 0.3) is 0 Å². The summed E-state index contributed by atoms with van der Waals surface area (Å²) in [4.78, 5) is 0. The molecular weight excluding hydrogens is 230 g/mol. The summed E-state index contributed by atoms with van der Waals surface area (Å²) >= 11 is 0. The van der Waals surface area contributed by atoms with E-state index in [1.165, 1.54) is 36.8 Å². The second-order valence-corrected chi connectivity index (χ2v) is 7.21. The summed E-state index contributed by atoms with van der Waals surface area (Å²) in [5, 5.41) is 3.71. The topological polar surface area (TPSA) is 12.0 Å². The third-order valence-corrected chi connectivity index (χ3v) is 4.45. The van der Waals surface area contributed by atoms with Crippen molar-refractivity contribution in [2.24, 2.45) is 11.8 Å². The molecule has 1 N–H and O–H groups in total. The molecule has 1 atom stereocenters. The normalized spacial score (nSPS) is 18.1. The monoisotopic (exact) mass is 259 g/mol. The van der Waals surface area contributed by atoms with Gasteiger partial charge in [-0.3, -0.25) is 0 Å². The van der Waals surface area contributed by atoms with Crippen molar-refractivity contribution in [1.82, 2.24) is 5.32 Å². The predicted molar refractivity (Wildman–Crippen MR) is 83.5 cm³/mol. The Labute approximate surface area is 118 Å². The molecule has 1 heteroatoms. The van der Waals surface area contributed by atoms with E-state index < -0.39 is 0 Å². The minimum atomic E-state index is 0.230. The van der Waals surface area contributed by atoms with Crippen LogP contribution < -0.4 is 5.32 Å². The summed E-state index contributed by atoms with van der Waals surface area (Å²) in [5.41, 5.74) is 3.21. The van der Waals surface area contributed by atoms with Gasteiger partial charge in [-0.1, -0.05) is 43.5 Å². The first-order valence-electron chi connectivity index (χ1n) is 7.75. The van der Waals surface area contributed by atoms with Gasteiger partial charge in [0, 0.05) is 5.54 Å². The lowest BCUT2D eigenvalue weighted by atomic mass is 9.73. The van der Waals surface area contributed by atoms with Gasteiger partial charge in [-0.05, 0) is 63.6 Å². The smallest absolute Gasteiger partial charge is 0.00966 e. The van der Waals surface area contributed by atoms with E-state index in [0.717, 1.165) is 18.4 Å². The van der Waals surface area contributed by atoms with E-state index in [0.29, 0.717) is 0 Å². The molecule has 1 aromatic rings. The summed E-state index contributed by atoms with van der Waals surface area (Å²) in [7, 11) is 0. The van der Waals surface area contributed by atoms with Gasteiger partial charge in [-0.2, -0.15) is 0 Å². The number of hydrogen-bond acceptors (Lipinski definition) is 1. The van der Waals surface area contributed by atoms with Crippen molar-refractivity contribution in [3.63, 3.8) is 0 Å². The van der Waals surface area contributed by atoms with Crippen LogP contribution in [0.4, 0.5) is 0 Å². The Morgan fingerprint density at radius 2 is 1.89 bits per heavy atom. The van der Waals surface area contributed by atoms with Gasteiger partial charge in [-0.15, -0.1) is 0 Å². The lowest BCUT2D eigenvalue weighted by Gasteiger charge is -2.36. The van der Waals surface area contributed by atoms with Gasteiger partial charge in [0.15, 0.2) is 0 Å². The molecule has 2 rings (SSSR count). The van der Waals surface area contributed by atoms with Crippen LogP contribution in [0.3, 0.4) is 0 Å². The summed E-state index contributed by atoms with van der Waals surface area (Å²) in [6.07, 6.45) is 5.54. The molecule has 19 heavy (non-hydrogen) atoms. The van der Waals surface area contributed by atoms with E-state index in [2.05, 4.69) is 57.3 Å². The fourth-order valence-electron chi connectivity index (χ4n) is 2.88. The molecule has 0 aromatic heterocycles. The van der Waals surface area contributed by atoms with Crippen LogP contribution >= 0.6 is 0 Å². The summed E-state index contributed by atoms with van der Waals surface area (Å²) in [6, 6.07) is 8.87. The van der Waals surface area contributed by atoms with Crippen molar-refractivity contribution in [2.45, 2.75) is 58.9 Å². The maximum absolute atomic E-state index is 3.71. The Hall–Kier alpha value is -0.820. The zero-order valence-electron chi connectivity index (χ0n) is 13.0. The molecule has 0 heterocycles. The quantitative estimate of drug-likeness (QED) is 0.829. The predicted octanol–water partition coefficient (Wildman–Crippen LogP) is 4.34. The van der Waals surface area contributed by atoms with Gasteiger partial charge >= 0.3 is 0 Å². The number of nitrogens with one attached hydrogen (secondary N) is 1. The molecule has 0 amide bonds. The average molecular weight is 259 g/mol. The van der Waals surface area contributed by atoms with Gasteiger partial charge < -0.3 is 5.32 Å². The third kappa shape index (κ3) is 4.35. The van der Waals surface area contributed by atoms with Crippen molar-refractivity contribution >= 4 is 0 Å². The maximum atomic E-state index is 3.71. The highest BCUT2D eigenvalue weighted by atomic mass is 14.9. The second kappa shape index (κ2) is 6.09. The van der Waals surface area contributed by atoms with E-state index in [1.54, 1.807) is 0 Å². The zero-order valence-corrected chi connectivity index (χ0v) is 13.0. The Morgan fingerprint density at radius 1 is 1.21 bits per heavy atom. The fourth-order valence-corrected chi connectivity index (χ4v) is 2.88. The maximum Gasteiger partial charge on any atom is 0.00966 e. The van der Waals surface area contributed by atoms with E-state index in [-0.39, 0.29) is 5.54 Å². The average Bonchev–Trinajstić information content (AvgIpc) is 2.25. The summed E-state index contributed by atoms with van der Waals surface area (Å²) in [6.45, 7) is 10.2. The van der Waals surface area contributed by atoms with Crippen LogP contribution in [-0.2, 0) is 6.42 Å². The van der Waals surface area contributed by atoms with Gasteiger partial charge in [0.05, 0.1) is 0 Å². The molecule has 0 bridgehead atoms. The summed E-state index contributed by atoms with van der Waals surface area (Å²) < 4.78 is 0. The van der Waals surface area contributed by atoms with Crippen molar-refractivity contribution < 1.29 is 0 Å². The Morgan fingerprint density at radius 3 is 2.42 bits per heavy atom. The molecule has 1 saturated carbocycles. The van der Waals surface area contributed by atoms with E-state index in [4.69, 9.17) is 0 Å². The van der Waals surface area contributed by atoms with Crippen molar-refractivity contribution in [1.29, 1.82) is 0 Å². The van der Waals surface area contributed by atoms with Gasteiger partial charge in [-0.25, -0.2) is 0 Å². The minimum absolute atomic E-state index is 0.230. The SMILES string of the molecule is Cc1ccccc1CC(CNC(C)(C)C)C1CCC1. The molecule has 1 aliphatic carbocycles. The van der Waals surface area contributed by atoms with Crippen LogP contribution in [0, 0.1) is 18.8 Å². The minimum Gasteiger partial charge on any atom is -0.312 e. The van der Waals surface area contributed by atoms with Crippen molar-refractivity contribution in [3.05, 3.63) is 35.4 Å². The summed E-state index contributed by atoms with van der Waals surface area (Å²) in [5.74, 6) is 1.74. The highest BCUT2D eigenvalue weighted by Crippen LogP contribution is 2.35. The molecule has 1 unspecified atom stereocenters. The van der Waals surface area contributed by atoms with E-state index in [1.807, 2.05) is 0 Å². The Bertz CT molecular complexity index is 398. The van der Waals surface area contributed by atoms with Crippen LogP contribution in [0.2, 0.25) is 0 Å². The van der Waals surface area contributed by atoms with Gasteiger partial charge in [0.2, 0.25) is 0 Å². The highest BCUT2D eigenvalue weighted by Gasteiger charge is 2.28. The first kappa shape index (κ1) is 14.6. The molecular formula is C18H29N. The van der Waals surface area contributed by atoms with E-state index >= 15 is 0 Å². The molecule has 1 aromatic carbocycles. The van der Waals surface area contributed by atoms with Crippen molar-refractivity contribution in [3.8, 4) is 0 Å². The molecule has 0 aliphatic heterocycles. The van der Waals surface area contributed by atoms with Crippen LogP contribution in [0.15, 0.2) is 24.3 Å². The number of benzene rings is 1. The largest absolute Gasteiger partial charge is 0.312 e. The van der Waals surface area contributed by atoms with Gasteiger partial charge in [0.1, 0.15) is 0 Å². The molecule has 1 nitrogen and oxygen atoms in total. The molecule has 0 spiro atoms. The van der Waals surface area contributed by atoms with Crippen LogP contribution in [0.5, 0.6) is 0 Å². The molecule has 1 fully saturated rings.